The maximum atomic E-state index is 11.9. The Hall–Kier alpha value is -2.59. The molecule has 2 N–H and O–H groups in total. The van der Waals surface area contributed by atoms with Crippen molar-refractivity contribution in [3.8, 4) is 5.95 Å². The van der Waals surface area contributed by atoms with Gasteiger partial charge in [-0.05, 0) is 43.7 Å². The van der Waals surface area contributed by atoms with Crippen LogP contribution in [-0.2, 0) is 5.75 Å². The Morgan fingerprint density at radius 3 is 2.78 bits per heavy atom. The van der Waals surface area contributed by atoms with E-state index in [4.69, 9.17) is 10.3 Å². The molecule has 138 valence electrons. The van der Waals surface area contributed by atoms with Crippen LogP contribution in [0.4, 0.5) is 0 Å². The van der Waals surface area contributed by atoms with Gasteiger partial charge in [-0.3, -0.25) is 0 Å². The summed E-state index contributed by atoms with van der Waals surface area (Å²) in [6, 6.07) is 9.02. The van der Waals surface area contributed by atoms with Crippen molar-refractivity contribution < 1.29 is 4.42 Å². The lowest BCUT2D eigenvalue weighted by atomic mass is 10.1. The van der Waals surface area contributed by atoms with Crippen molar-refractivity contribution in [2.24, 2.45) is 0 Å². The van der Waals surface area contributed by atoms with Crippen molar-refractivity contribution in [3.05, 3.63) is 62.2 Å². The number of nitrogens with zero attached hydrogens (tertiary/aromatic N) is 5. The topological polar surface area (TPSA) is 105 Å². The summed E-state index contributed by atoms with van der Waals surface area (Å²) in [4.78, 5) is 11.9. The first-order chi connectivity index (χ1) is 12.9. The molecule has 0 bridgehead atoms. The highest BCUT2D eigenvalue weighted by atomic mass is 79.9. The number of thioether (sulfide) groups is 1. The summed E-state index contributed by atoms with van der Waals surface area (Å²) in [5, 5.41) is 14.1. The van der Waals surface area contributed by atoms with Gasteiger partial charge in [-0.15, -0.1) is 10.2 Å². The second-order valence-corrected chi connectivity index (χ2v) is 7.87. The van der Waals surface area contributed by atoms with E-state index in [1.54, 1.807) is 10.7 Å². The zero-order chi connectivity index (χ0) is 19.1. The van der Waals surface area contributed by atoms with Crippen LogP contribution in [0.25, 0.3) is 16.9 Å². The minimum atomic E-state index is -0.395. The number of nitrogen functional groups attached to an aromatic ring is 1. The average molecular weight is 447 g/mol. The first-order valence-electron chi connectivity index (χ1n) is 8.01. The fourth-order valence-corrected chi connectivity index (χ4v) is 3.99. The molecule has 0 aliphatic heterocycles. The summed E-state index contributed by atoms with van der Waals surface area (Å²) >= 11 is 4.77. The average Bonchev–Trinajstić information content (AvgIpc) is 3.13. The van der Waals surface area contributed by atoms with Crippen LogP contribution in [-0.4, -0.2) is 24.7 Å². The number of benzene rings is 1. The van der Waals surface area contributed by atoms with Crippen molar-refractivity contribution in [1.29, 1.82) is 0 Å². The molecule has 0 spiro atoms. The lowest BCUT2D eigenvalue weighted by Crippen LogP contribution is -2.17. The van der Waals surface area contributed by atoms with Crippen LogP contribution in [0, 0.1) is 13.8 Å². The standard InChI is InChI=1S/C17H15BrN6O2S/c1-9-5-10(2)24(22-9)16-20-21-17(23(16)19)27-8-11-6-15(25)26-14-7-12(18)3-4-13(11)14/h3-7H,8,19H2,1-2H3. The molecule has 3 aromatic heterocycles. The van der Waals surface area contributed by atoms with Gasteiger partial charge >= 0.3 is 5.63 Å². The monoisotopic (exact) mass is 446 g/mol. The van der Waals surface area contributed by atoms with Crippen LogP contribution in [0.15, 0.2) is 49.2 Å². The third-order valence-electron chi connectivity index (χ3n) is 3.99. The lowest BCUT2D eigenvalue weighted by molar-refractivity contribution is 0.559. The molecule has 4 rings (SSSR count). The molecular formula is C17H15BrN6O2S. The summed E-state index contributed by atoms with van der Waals surface area (Å²) in [5.74, 6) is 7.09. The minimum absolute atomic E-state index is 0.395. The van der Waals surface area contributed by atoms with E-state index >= 15 is 0 Å². The van der Waals surface area contributed by atoms with E-state index < -0.39 is 5.63 Å². The molecule has 1 aromatic carbocycles. The van der Waals surface area contributed by atoms with Crippen LogP contribution in [0.3, 0.4) is 0 Å². The maximum Gasteiger partial charge on any atom is 0.336 e. The van der Waals surface area contributed by atoms with Gasteiger partial charge in [-0.2, -0.15) is 5.10 Å². The lowest BCUT2D eigenvalue weighted by Gasteiger charge is -2.06. The number of nitrogens with two attached hydrogens (primary N) is 1. The van der Waals surface area contributed by atoms with Gasteiger partial charge in [0.1, 0.15) is 5.58 Å². The predicted octanol–water partition coefficient (Wildman–Crippen LogP) is 2.96. The normalized spacial score (nSPS) is 11.4. The molecule has 0 saturated carbocycles. The number of fused-ring (bicyclic) bond motifs is 1. The molecule has 10 heteroatoms. The number of hydrogen-bond acceptors (Lipinski definition) is 7. The number of halogens is 1. The molecule has 0 saturated heterocycles. The molecule has 0 fully saturated rings. The number of aromatic nitrogens is 5. The van der Waals surface area contributed by atoms with Gasteiger partial charge < -0.3 is 10.3 Å². The van der Waals surface area contributed by atoms with Gasteiger partial charge in [-0.25, -0.2) is 14.2 Å². The van der Waals surface area contributed by atoms with E-state index in [1.807, 2.05) is 32.0 Å². The summed E-state index contributed by atoms with van der Waals surface area (Å²) in [7, 11) is 0. The number of aryl methyl sites for hydroxylation is 2. The van der Waals surface area contributed by atoms with E-state index in [0.29, 0.717) is 22.4 Å². The molecule has 0 aliphatic rings. The minimum Gasteiger partial charge on any atom is -0.423 e. The van der Waals surface area contributed by atoms with Crippen molar-refractivity contribution in [2.75, 3.05) is 5.84 Å². The molecule has 27 heavy (non-hydrogen) atoms. The second-order valence-electron chi connectivity index (χ2n) is 6.01. The quantitative estimate of drug-likeness (QED) is 0.291. The van der Waals surface area contributed by atoms with Crippen LogP contribution in [0.5, 0.6) is 0 Å². The van der Waals surface area contributed by atoms with Crippen LogP contribution in [0.2, 0.25) is 0 Å². The summed E-state index contributed by atoms with van der Waals surface area (Å²) in [5.41, 5.74) is 2.77. The Balaban J connectivity index is 1.64. The van der Waals surface area contributed by atoms with Gasteiger partial charge in [0.2, 0.25) is 5.16 Å². The summed E-state index contributed by atoms with van der Waals surface area (Å²) < 4.78 is 9.16. The molecule has 0 aliphatic carbocycles. The molecule has 0 unspecified atom stereocenters. The Labute approximate surface area is 166 Å². The highest BCUT2D eigenvalue weighted by Crippen LogP contribution is 2.27. The molecule has 3 heterocycles. The Morgan fingerprint density at radius 1 is 1.22 bits per heavy atom. The SMILES string of the molecule is Cc1cc(C)n(-c2nnc(SCc3cc(=O)oc4cc(Br)ccc34)n2N)n1. The van der Waals surface area contributed by atoms with E-state index in [2.05, 4.69) is 31.2 Å². The molecule has 0 amide bonds. The van der Waals surface area contributed by atoms with E-state index in [1.165, 1.54) is 22.5 Å². The van der Waals surface area contributed by atoms with E-state index in [9.17, 15) is 4.79 Å². The van der Waals surface area contributed by atoms with Gasteiger partial charge in [0.15, 0.2) is 0 Å². The zero-order valence-electron chi connectivity index (χ0n) is 14.5. The zero-order valence-corrected chi connectivity index (χ0v) is 16.9. The van der Waals surface area contributed by atoms with Crippen LogP contribution < -0.4 is 11.5 Å². The molecule has 8 nitrogen and oxygen atoms in total. The highest BCUT2D eigenvalue weighted by Gasteiger charge is 2.16. The van der Waals surface area contributed by atoms with Crippen LogP contribution >= 0.6 is 27.7 Å². The van der Waals surface area contributed by atoms with Crippen molar-refractivity contribution in [3.63, 3.8) is 0 Å². The molecule has 0 radical (unpaired) electrons. The number of rotatable bonds is 4. The van der Waals surface area contributed by atoms with Crippen molar-refractivity contribution in [2.45, 2.75) is 24.8 Å². The third-order valence-corrected chi connectivity index (χ3v) is 5.48. The smallest absolute Gasteiger partial charge is 0.336 e. The summed E-state index contributed by atoms with van der Waals surface area (Å²) in [6.45, 7) is 3.83. The Morgan fingerprint density at radius 2 is 2.04 bits per heavy atom. The Kier molecular flexibility index (Phi) is 4.52. The first-order valence-corrected chi connectivity index (χ1v) is 9.79. The maximum absolute atomic E-state index is 11.9. The van der Waals surface area contributed by atoms with Crippen molar-refractivity contribution in [1.82, 2.24) is 24.7 Å². The van der Waals surface area contributed by atoms with Gasteiger partial charge in [0, 0.05) is 27.4 Å². The summed E-state index contributed by atoms with van der Waals surface area (Å²) in [6.07, 6.45) is 0. The second kappa shape index (κ2) is 6.86. The van der Waals surface area contributed by atoms with Gasteiger partial charge in [-0.1, -0.05) is 27.7 Å². The Bertz CT molecular complexity index is 1210. The fraction of sp³-hybridized carbons (Fsp3) is 0.176. The van der Waals surface area contributed by atoms with E-state index in [-0.39, 0.29) is 0 Å². The highest BCUT2D eigenvalue weighted by molar-refractivity contribution is 9.10. The van der Waals surface area contributed by atoms with E-state index in [0.717, 1.165) is 26.8 Å². The first kappa shape index (κ1) is 17.8. The van der Waals surface area contributed by atoms with Gasteiger partial charge in [0.25, 0.3) is 5.95 Å². The van der Waals surface area contributed by atoms with Crippen LogP contribution in [0.1, 0.15) is 17.0 Å². The predicted molar refractivity (Wildman–Crippen MR) is 107 cm³/mol. The third kappa shape index (κ3) is 3.37. The largest absolute Gasteiger partial charge is 0.423 e. The fourth-order valence-electron chi connectivity index (χ4n) is 2.81. The molecular weight excluding hydrogens is 432 g/mol. The number of hydrogen-bond donors (Lipinski definition) is 1. The molecule has 4 aromatic rings. The van der Waals surface area contributed by atoms with Gasteiger partial charge in [0.05, 0.1) is 5.69 Å². The molecule has 0 atom stereocenters. The van der Waals surface area contributed by atoms with Crippen molar-refractivity contribution >= 4 is 38.7 Å².